The molecule has 0 aliphatic rings. The van der Waals surface area contributed by atoms with Crippen LogP contribution in [0.5, 0.6) is 5.75 Å². The van der Waals surface area contributed by atoms with Crippen LogP contribution in [-0.2, 0) is 4.79 Å². The van der Waals surface area contributed by atoms with Crippen molar-refractivity contribution in [1.82, 2.24) is 5.32 Å². The lowest BCUT2D eigenvalue weighted by Gasteiger charge is -2.15. The van der Waals surface area contributed by atoms with Gasteiger partial charge in [-0.15, -0.1) is 8.58 Å². The minimum Gasteiger partial charge on any atom is -0.508 e. The van der Waals surface area contributed by atoms with Gasteiger partial charge >= 0.3 is 0 Å². The minimum atomic E-state index is -0.0604. The average molecular weight is 525 g/mol. The van der Waals surface area contributed by atoms with E-state index in [0.717, 1.165) is 32.8 Å². The SMILES string of the molecule is CC.CC.CCCPC(CC)CNC(=O)c1ccc(O)cc1.O=CNc1ccc(-c2ccccc2)cc1. The summed E-state index contributed by atoms with van der Waals surface area (Å²) in [6.45, 7) is 13.1. The second-order valence-electron chi connectivity index (χ2n) is 7.52. The first-order valence-corrected chi connectivity index (χ1v) is 14.5. The van der Waals surface area contributed by atoms with Crippen LogP contribution in [0.4, 0.5) is 5.69 Å². The van der Waals surface area contributed by atoms with Gasteiger partial charge in [0.15, 0.2) is 0 Å². The number of aromatic hydroxyl groups is 1. The molecule has 0 saturated heterocycles. The highest BCUT2D eigenvalue weighted by Crippen LogP contribution is 2.22. The number of phenolic OH excluding ortho intramolecular Hbond substituents is 1. The first-order chi connectivity index (χ1) is 18.1. The van der Waals surface area contributed by atoms with Gasteiger partial charge in [0, 0.05) is 17.8 Å². The normalized spacial score (nSPS) is 10.4. The van der Waals surface area contributed by atoms with Crippen molar-refractivity contribution in [3.8, 4) is 16.9 Å². The molecule has 0 aliphatic carbocycles. The molecule has 202 valence electrons. The van der Waals surface area contributed by atoms with Crippen LogP contribution in [0.15, 0.2) is 78.9 Å². The van der Waals surface area contributed by atoms with Crippen molar-refractivity contribution in [3.63, 3.8) is 0 Å². The van der Waals surface area contributed by atoms with E-state index < -0.39 is 0 Å². The van der Waals surface area contributed by atoms with Crippen LogP contribution in [0, 0.1) is 0 Å². The maximum Gasteiger partial charge on any atom is 0.251 e. The highest BCUT2D eigenvalue weighted by molar-refractivity contribution is 7.38. The molecule has 2 unspecified atom stereocenters. The van der Waals surface area contributed by atoms with E-state index in [1.54, 1.807) is 12.1 Å². The van der Waals surface area contributed by atoms with Crippen molar-refractivity contribution in [1.29, 1.82) is 0 Å². The highest BCUT2D eigenvalue weighted by atomic mass is 31.1. The lowest BCUT2D eigenvalue weighted by Crippen LogP contribution is -2.30. The molecule has 37 heavy (non-hydrogen) atoms. The number of phenols is 1. The van der Waals surface area contributed by atoms with E-state index in [1.807, 2.05) is 70.2 Å². The molecule has 3 aromatic carbocycles. The molecule has 2 amide bonds. The third-order valence-corrected chi connectivity index (χ3v) is 7.01. The van der Waals surface area contributed by atoms with E-state index in [0.29, 0.717) is 17.6 Å². The van der Waals surface area contributed by atoms with Gasteiger partial charge in [-0.1, -0.05) is 90.4 Å². The first-order valence-electron chi connectivity index (χ1n) is 13.2. The highest BCUT2D eigenvalue weighted by Gasteiger charge is 2.09. The quantitative estimate of drug-likeness (QED) is 0.186. The molecule has 3 aromatic rings. The minimum absolute atomic E-state index is 0.0604. The predicted molar refractivity (Wildman–Crippen MR) is 162 cm³/mol. The second kappa shape index (κ2) is 22.1. The Balaban J connectivity index is 0.000000623. The Morgan fingerprint density at radius 2 is 1.43 bits per heavy atom. The van der Waals surface area contributed by atoms with E-state index >= 15 is 0 Å². The summed E-state index contributed by atoms with van der Waals surface area (Å²) in [5.41, 5.74) is 4.32. The third-order valence-electron chi connectivity index (χ3n) is 5.03. The smallest absolute Gasteiger partial charge is 0.251 e. The van der Waals surface area contributed by atoms with Gasteiger partial charge in [-0.05, 0) is 65.8 Å². The number of carbonyl (C=O) groups is 2. The van der Waals surface area contributed by atoms with Crippen LogP contribution in [0.3, 0.4) is 0 Å². The molecule has 0 fully saturated rings. The summed E-state index contributed by atoms with van der Waals surface area (Å²) in [6, 6.07) is 24.2. The number of amides is 2. The number of hydrogen-bond acceptors (Lipinski definition) is 3. The van der Waals surface area contributed by atoms with Crippen molar-refractivity contribution < 1.29 is 14.7 Å². The monoisotopic (exact) mass is 524 g/mol. The van der Waals surface area contributed by atoms with Crippen molar-refractivity contribution in [2.45, 2.75) is 60.0 Å². The zero-order chi connectivity index (χ0) is 27.9. The Kier molecular flexibility index (Phi) is 20.2. The lowest BCUT2D eigenvalue weighted by atomic mass is 10.1. The van der Waals surface area contributed by atoms with Gasteiger partial charge in [0.25, 0.3) is 5.91 Å². The molecule has 0 heterocycles. The van der Waals surface area contributed by atoms with Gasteiger partial charge in [-0.2, -0.15) is 0 Å². The molecule has 0 spiro atoms. The zero-order valence-corrected chi connectivity index (χ0v) is 24.3. The number of benzene rings is 3. The third kappa shape index (κ3) is 14.2. The summed E-state index contributed by atoms with van der Waals surface area (Å²) in [6.07, 6.45) is 4.24. The number of carbonyl (C=O) groups excluding carboxylic acids is 2. The summed E-state index contributed by atoms with van der Waals surface area (Å²) < 4.78 is 0. The molecule has 0 aliphatic heterocycles. The lowest BCUT2D eigenvalue weighted by molar-refractivity contribution is -0.105. The maximum atomic E-state index is 11.9. The maximum absolute atomic E-state index is 11.9. The van der Waals surface area contributed by atoms with Crippen LogP contribution in [0.1, 0.15) is 64.7 Å². The Labute approximate surface area is 225 Å². The van der Waals surface area contributed by atoms with Crippen molar-refractivity contribution in [2.75, 3.05) is 18.0 Å². The molecule has 0 aromatic heterocycles. The van der Waals surface area contributed by atoms with E-state index in [4.69, 9.17) is 5.11 Å². The Hall–Kier alpha value is -3.17. The van der Waals surface area contributed by atoms with E-state index in [9.17, 15) is 9.59 Å². The number of nitrogens with one attached hydrogen (secondary N) is 2. The van der Waals surface area contributed by atoms with E-state index in [-0.39, 0.29) is 11.7 Å². The molecule has 0 bridgehead atoms. The number of anilines is 1. The fourth-order valence-electron chi connectivity index (χ4n) is 3.10. The molecule has 3 N–H and O–H groups in total. The predicted octanol–water partition coefficient (Wildman–Crippen LogP) is 7.96. The van der Waals surface area contributed by atoms with Gasteiger partial charge in [-0.3, -0.25) is 9.59 Å². The van der Waals surface area contributed by atoms with Crippen LogP contribution in [0.2, 0.25) is 0 Å². The van der Waals surface area contributed by atoms with Crippen molar-refractivity contribution >= 4 is 26.6 Å². The van der Waals surface area contributed by atoms with Gasteiger partial charge in [0.2, 0.25) is 6.41 Å². The molecule has 0 radical (unpaired) electrons. The molecule has 2 atom stereocenters. The topological polar surface area (TPSA) is 78.4 Å². The second-order valence-corrected chi connectivity index (χ2v) is 9.25. The Bertz CT molecular complexity index is 962. The van der Waals surface area contributed by atoms with E-state index in [2.05, 4.69) is 36.6 Å². The summed E-state index contributed by atoms with van der Waals surface area (Å²) in [5.74, 6) is 0.122. The van der Waals surface area contributed by atoms with Crippen LogP contribution in [0.25, 0.3) is 11.1 Å². The number of hydrogen-bond donors (Lipinski definition) is 3. The largest absolute Gasteiger partial charge is 0.508 e. The van der Waals surface area contributed by atoms with Gasteiger partial charge in [0.05, 0.1) is 0 Å². The Morgan fingerprint density at radius 1 is 0.865 bits per heavy atom. The first kappa shape index (κ1) is 33.8. The van der Waals surface area contributed by atoms with Crippen LogP contribution in [-0.4, -0.2) is 35.8 Å². The molecular weight excluding hydrogens is 479 g/mol. The number of rotatable bonds is 10. The average Bonchev–Trinajstić information content (AvgIpc) is 2.97. The van der Waals surface area contributed by atoms with Crippen LogP contribution < -0.4 is 10.6 Å². The Morgan fingerprint density at radius 3 is 1.95 bits per heavy atom. The molecule has 5 nitrogen and oxygen atoms in total. The van der Waals surface area contributed by atoms with Crippen molar-refractivity contribution in [3.05, 3.63) is 84.4 Å². The summed E-state index contributed by atoms with van der Waals surface area (Å²) in [7, 11) is 0.924. The fraction of sp³-hybridized carbons (Fsp3) is 0.355. The summed E-state index contributed by atoms with van der Waals surface area (Å²) in [4.78, 5) is 22.1. The molecule has 3 rings (SSSR count). The molecule has 6 heteroatoms. The van der Waals surface area contributed by atoms with Gasteiger partial charge < -0.3 is 15.7 Å². The summed E-state index contributed by atoms with van der Waals surface area (Å²) >= 11 is 0. The van der Waals surface area contributed by atoms with Gasteiger partial charge in [0.1, 0.15) is 5.75 Å². The summed E-state index contributed by atoms with van der Waals surface area (Å²) in [5, 5.41) is 14.7. The zero-order valence-electron chi connectivity index (χ0n) is 23.3. The van der Waals surface area contributed by atoms with Crippen LogP contribution >= 0.6 is 8.58 Å². The fourth-order valence-corrected chi connectivity index (χ4v) is 4.33. The molecular formula is C31H45N2O3P. The van der Waals surface area contributed by atoms with Crippen molar-refractivity contribution in [2.24, 2.45) is 0 Å². The van der Waals surface area contributed by atoms with Gasteiger partial charge in [-0.25, -0.2) is 0 Å². The van der Waals surface area contributed by atoms with E-state index in [1.165, 1.54) is 30.3 Å². The molecule has 0 saturated carbocycles. The standard InChI is InChI=1S/C14H22NO2P.C13H11NO.2C2H6/c1-3-9-18-13(4-2)10-15-14(17)11-5-7-12(16)8-6-11;15-10-14-13-8-6-12(7-9-13)11-4-2-1-3-5-11;2*1-2/h5-8,13,16,18H,3-4,9-10H2,1-2H3,(H,15,17);1-10H,(H,14,15);2*1-2H3.